The summed E-state index contributed by atoms with van der Waals surface area (Å²) >= 11 is 0. The number of rotatable bonds is 9. The van der Waals surface area contributed by atoms with Crippen LogP contribution in [0, 0.1) is 0 Å². The van der Waals surface area contributed by atoms with Crippen LogP contribution in [0.2, 0.25) is 0 Å². The van der Waals surface area contributed by atoms with Crippen molar-refractivity contribution in [2.75, 3.05) is 26.0 Å². The summed E-state index contributed by atoms with van der Waals surface area (Å²) in [6.45, 7) is 8.70. The molecule has 2 rings (SSSR count). The van der Waals surface area contributed by atoms with E-state index in [2.05, 4.69) is 10.0 Å². The maximum atomic E-state index is 12.7. The van der Waals surface area contributed by atoms with Crippen molar-refractivity contribution in [3.8, 4) is 11.5 Å². The van der Waals surface area contributed by atoms with Crippen molar-refractivity contribution in [3.63, 3.8) is 0 Å². The Morgan fingerprint density at radius 1 is 1.20 bits per heavy atom. The van der Waals surface area contributed by atoms with Gasteiger partial charge in [0.25, 0.3) is 0 Å². The lowest BCUT2D eigenvalue weighted by atomic mass is 10.1. The normalized spacial score (nSPS) is 16.4. The molecule has 1 aliphatic heterocycles. The van der Waals surface area contributed by atoms with Gasteiger partial charge in [0, 0.05) is 19.1 Å². The predicted molar refractivity (Wildman–Crippen MR) is 118 cm³/mol. The Morgan fingerprint density at radius 3 is 2.43 bits per heavy atom. The number of nitrogens with one attached hydrogen (secondary N) is 2. The van der Waals surface area contributed by atoms with Gasteiger partial charge in [-0.2, -0.15) is 0 Å². The van der Waals surface area contributed by atoms with Crippen LogP contribution in [0.3, 0.4) is 0 Å². The van der Waals surface area contributed by atoms with E-state index in [1.807, 2.05) is 45.9 Å². The third-order valence-corrected chi connectivity index (χ3v) is 6.63. The number of hydrogen-bond donors (Lipinski definition) is 2. The van der Waals surface area contributed by atoms with E-state index in [0.29, 0.717) is 43.9 Å². The highest BCUT2D eigenvalue weighted by Crippen LogP contribution is 2.31. The summed E-state index contributed by atoms with van der Waals surface area (Å²) in [6.07, 6.45) is 1.85. The zero-order chi connectivity index (χ0) is 22.3. The SMILES string of the molecule is CCCS(=O)(=O)NC1CCN(C(=O)NC(C)c2ccc(OC(C)C)c(OC)c2)CC1. The second kappa shape index (κ2) is 10.9. The Kier molecular flexibility index (Phi) is 8.78. The molecule has 0 saturated carbocycles. The lowest BCUT2D eigenvalue weighted by Crippen LogP contribution is -2.50. The van der Waals surface area contributed by atoms with E-state index in [9.17, 15) is 13.2 Å². The molecule has 0 aromatic heterocycles. The molecule has 1 saturated heterocycles. The van der Waals surface area contributed by atoms with Gasteiger partial charge in [0.15, 0.2) is 11.5 Å². The molecule has 2 N–H and O–H groups in total. The number of carbonyl (C=O) groups excluding carboxylic acids is 1. The zero-order valence-corrected chi connectivity index (χ0v) is 19.4. The number of benzene rings is 1. The molecule has 1 aliphatic rings. The molecule has 1 atom stereocenters. The summed E-state index contributed by atoms with van der Waals surface area (Å²) in [5, 5.41) is 3.01. The summed E-state index contributed by atoms with van der Waals surface area (Å²) < 4.78 is 37.8. The number of ether oxygens (including phenoxy) is 2. The minimum atomic E-state index is -3.23. The molecule has 1 unspecified atom stereocenters. The maximum absolute atomic E-state index is 12.7. The van der Waals surface area contributed by atoms with Crippen LogP contribution in [-0.2, 0) is 10.0 Å². The lowest BCUT2D eigenvalue weighted by molar-refractivity contribution is 0.177. The summed E-state index contributed by atoms with van der Waals surface area (Å²) in [4.78, 5) is 14.4. The molecule has 1 aromatic carbocycles. The Hall–Kier alpha value is -2.00. The average molecular weight is 442 g/mol. The van der Waals surface area contributed by atoms with E-state index >= 15 is 0 Å². The van der Waals surface area contributed by atoms with Crippen molar-refractivity contribution in [2.24, 2.45) is 0 Å². The van der Waals surface area contributed by atoms with Gasteiger partial charge in [-0.1, -0.05) is 13.0 Å². The summed E-state index contributed by atoms with van der Waals surface area (Å²) in [6, 6.07) is 5.17. The highest BCUT2D eigenvalue weighted by Gasteiger charge is 2.26. The van der Waals surface area contributed by atoms with Crippen LogP contribution in [0.1, 0.15) is 58.6 Å². The second-order valence-electron chi connectivity index (χ2n) is 7.95. The van der Waals surface area contributed by atoms with E-state index in [1.54, 1.807) is 12.0 Å². The first-order chi connectivity index (χ1) is 14.1. The van der Waals surface area contributed by atoms with Crippen LogP contribution >= 0.6 is 0 Å². The fourth-order valence-corrected chi connectivity index (χ4v) is 4.85. The minimum Gasteiger partial charge on any atom is -0.493 e. The van der Waals surface area contributed by atoms with E-state index in [1.165, 1.54) is 0 Å². The molecular weight excluding hydrogens is 406 g/mol. The fraction of sp³-hybridized carbons (Fsp3) is 0.667. The number of hydrogen-bond acceptors (Lipinski definition) is 5. The van der Waals surface area contributed by atoms with Crippen LogP contribution < -0.4 is 19.5 Å². The van der Waals surface area contributed by atoms with E-state index in [0.717, 1.165) is 5.56 Å². The Morgan fingerprint density at radius 2 is 1.87 bits per heavy atom. The molecule has 1 aromatic rings. The molecule has 0 bridgehead atoms. The van der Waals surface area contributed by atoms with Crippen LogP contribution in [0.5, 0.6) is 11.5 Å². The number of piperidine rings is 1. The van der Waals surface area contributed by atoms with Crippen LogP contribution in [-0.4, -0.2) is 57.4 Å². The topological polar surface area (TPSA) is 97.0 Å². The second-order valence-corrected chi connectivity index (χ2v) is 9.82. The largest absolute Gasteiger partial charge is 0.493 e. The van der Waals surface area contributed by atoms with Crippen molar-refractivity contribution in [1.82, 2.24) is 14.9 Å². The number of nitrogens with zero attached hydrogens (tertiary/aromatic N) is 1. The number of methoxy groups -OCH3 is 1. The first-order valence-electron chi connectivity index (χ1n) is 10.5. The van der Waals surface area contributed by atoms with Gasteiger partial charge in [-0.25, -0.2) is 17.9 Å². The van der Waals surface area contributed by atoms with Crippen LogP contribution in [0.15, 0.2) is 18.2 Å². The quantitative estimate of drug-likeness (QED) is 0.614. The molecule has 9 heteroatoms. The number of likely N-dealkylation sites (tertiary alicyclic amines) is 1. The molecule has 30 heavy (non-hydrogen) atoms. The van der Waals surface area contributed by atoms with Crippen molar-refractivity contribution < 1.29 is 22.7 Å². The highest BCUT2D eigenvalue weighted by molar-refractivity contribution is 7.89. The first kappa shape index (κ1) is 24.3. The van der Waals surface area contributed by atoms with Crippen molar-refractivity contribution in [3.05, 3.63) is 23.8 Å². The molecule has 8 nitrogen and oxygen atoms in total. The standard InChI is InChI=1S/C21H35N3O5S/c1-6-13-30(26,27)23-18-9-11-24(12-10-18)21(25)22-16(4)17-7-8-19(29-15(2)3)20(14-17)28-5/h7-8,14-16,18,23H,6,9-13H2,1-5H3,(H,22,25). The number of amides is 2. The molecule has 1 heterocycles. The van der Waals surface area contributed by atoms with E-state index < -0.39 is 10.0 Å². The number of urea groups is 1. The Bertz CT molecular complexity index is 805. The monoisotopic (exact) mass is 441 g/mol. The fourth-order valence-electron chi connectivity index (χ4n) is 3.45. The summed E-state index contributed by atoms with van der Waals surface area (Å²) in [5.41, 5.74) is 0.915. The Balaban J connectivity index is 1.91. The van der Waals surface area contributed by atoms with Crippen LogP contribution in [0.25, 0.3) is 0 Å². The summed E-state index contributed by atoms with van der Waals surface area (Å²) in [5.74, 6) is 1.43. The lowest BCUT2D eigenvalue weighted by Gasteiger charge is -2.33. The number of sulfonamides is 1. The molecule has 0 radical (unpaired) electrons. The molecular formula is C21H35N3O5S. The smallest absolute Gasteiger partial charge is 0.317 e. The molecule has 2 amide bonds. The van der Waals surface area contributed by atoms with Gasteiger partial charge in [0.1, 0.15) is 0 Å². The van der Waals surface area contributed by atoms with Gasteiger partial charge in [-0.3, -0.25) is 0 Å². The molecule has 170 valence electrons. The van der Waals surface area contributed by atoms with Gasteiger partial charge in [-0.15, -0.1) is 0 Å². The zero-order valence-electron chi connectivity index (χ0n) is 18.6. The van der Waals surface area contributed by atoms with Gasteiger partial charge >= 0.3 is 6.03 Å². The molecule has 1 fully saturated rings. The van der Waals surface area contributed by atoms with Gasteiger partial charge < -0.3 is 19.7 Å². The third-order valence-electron chi connectivity index (χ3n) is 4.99. The van der Waals surface area contributed by atoms with Crippen molar-refractivity contribution >= 4 is 16.1 Å². The predicted octanol–water partition coefficient (Wildman–Crippen LogP) is 3.05. The average Bonchev–Trinajstić information content (AvgIpc) is 2.67. The van der Waals surface area contributed by atoms with E-state index in [4.69, 9.17) is 9.47 Å². The third kappa shape index (κ3) is 7.05. The highest BCUT2D eigenvalue weighted by atomic mass is 32.2. The maximum Gasteiger partial charge on any atom is 0.317 e. The van der Waals surface area contributed by atoms with Crippen LogP contribution in [0.4, 0.5) is 4.79 Å². The molecule has 0 spiro atoms. The van der Waals surface area contributed by atoms with Gasteiger partial charge in [0.2, 0.25) is 10.0 Å². The Labute approximate surface area is 180 Å². The van der Waals surface area contributed by atoms with Gasteiger partial charge in [-0.05, 0) is 57.7 Å². The minimum absolute atomic E-state index is 0.0382. The van der Waals surface area contributed by atoms with Crippen molar-refractivity contribution in [2.45, 2.75) is 65.1 Å². The summed E-state index contributed by atoms with van der Waals surface area (Å²) in [7, 11) is -1.64. The van der Waals surface area contributed by atoms with Crippen molar-refractivity contribution in [1.29, 1.82) is 0 Å². The molecule has 0 aliphatic carbocycles. The van der Waals surface area contributed by atoms with E-state index in [-0.39, 0.29) is 30.0 Å². The van der Waals surface area contributed by atoms with Gasteiger partial charge in [0.05, 0.1) is 25.0 Å². The number of carbonyl (C=O) groups is 1. The first-order valence-corrected chi connectivity index (χ1v) is 12.2.